The summed E-state index contributed by atoms with van der Waals surface area (Å²) in [6.45, 7) is 1.65. The van der Waals surface area contributed by atoms with E-state index in [1.54, 1.807) is 0 Å². The zero-order chi connectivity index (χ0) is 17.8. The quantitative estimate of drug-likeness (QED) is 0.854. The summed E-state index contributed by atoms with van der Waals surface area (Å²) in [4.78, 5) is 18.7. The van der Waals surface area contributed by atoms with Gasteiger partial charge >= 0.3 is 0 Å². The summed E-state index contributed by atoms with van der Waals surface area (Å²) in [6, 6.07) is 3.36. The number of carbonyl (C=O) groups excluding carboxylic acids is 1. The second-order valence-electron chi connectivity index (χ2n) is 6.78. The van der Waals surface area contributed by atoms with Crippen LogP contribution in [0.4, 0.5) is 10.2 Å². The number of rotatable bonds is 6. The summed E-state index contributed by atoms with van der Waals surface area (Å²) in [5.41, 5.74) is 0.175. The van der Waals surface area contributed by atoms with Crippen LogP contribution in [0.25, 0.3) is 0 Å². The molecule has 2 aliphatic rings. The number of hydrogen-bond acceptors (Lipinski definition) is 5. The Morgan fingerprint density at radius 1 is 1.48 bits per heavy atom. The predicted octanol–water partition coefficient (Wildman–Crippen LogP) is 2.17. The Labute approximate surface area is 147 Å². The van der Waals surface area contributed by atoms with Crippen molar-refractivity contribution in [3.05, 3.63) is 23.6 Å². The van der Waals surface area contributed by atoms with Crippen LogP contribution in [-0.2, 0) is 9.53 Å². The lowest BCUT2D eigenvalue weighted by Crippen LogP contribution is -2.42. The van der Waals surface area contributed by atoms with E-state index >= 15 is 0 Å². The molecule has 3 rings (SSSR count). The third-order valence-corrected chi connectivity index (χ3v) is 5.05. The maximum absolute atomic E-state index is 14.0. The molecule has 0 bridgehead atoms. The Morgan fingerprint density at radius 2 is 2.20 bits per heavy atom. The number of carbonyl (C=O) groups is 1. The van der Waals surface area contributed by atoms with Crippen LogP contribution in [-0.4, -0.2) is 48.6 Å². The molecule has 0 aromatic carbocycles. The van der Waals surface area contributed by atoms with E-state index in [-0.39, 0.29) is 29.1 Å². The maximum atomic E-state index is 14.0. The second kappa shape index (κ2) is 7.79. The van der Waals surface area contributed by atoms with Crippen molar-refractivity contribution in [3.63, 3.8) is 0 Å². The van der Waals surface area contributed by atoms with Crippen LogP contribution in [0.3, 0.4) is 0 Å². The molecular weight excluding hydrogens is 323 g/mol. The molecule has 1 saturated carbocycles. The lowest BCUT2D eigenvalue weighted by Gasteiger charge is -2.32. The smallest absolute Gasteiger partial charge is 0.227 e. The Bertz CT molecular complexity index is 666. The van der Waals surface area contributed by atoms with Crippen LogP contribution in [0.15, 0.2) is 12.3 Å². The monoisotopic (exact) mass is 346 g/mol. The molecule has 2 fully saturated rings. The standard InChI is InChI=1S/C18H23FN4O2/c1-23(14-2-3-14)18(24)15(13-4-6-25-7-5-13)11-22-17-16(19)8-12(9-20)10-21-17/h8,10,13-15H,2-7,11H2,1H3,(H,21,22). The van der Waals surface area contributed by atoms with Crippen molar-refractivity contribution in [1.82, 2.24) is 9.88 Å². The van der Waals surface area contributed by atoms with Gasteiger partial charge in [-0.15, -0.1) is 0 Å². The molecule has 1 saturated heterocycles. The van der Waals surface area contributed by atoms with Gasteiger partial charge in [0.05, 0.1) is 11.5 Å². The fourth-order valence-corrected chi connectivity index (χ4v) is 3.31. The number of nitrogens with zero attached hydrogens (tertiary/aromatic N) is 3. The Kier molecular flexibility index (Phi) is 5.49. The van der Waals surface area contributed by atoms with Crippen molar-refractivity contribution < 1.29 is 13.9 Å². The molecular formula is C18H23FN4O2. The van der Waals surface area contributed by atoms with Gasteiger partial charge in [-0.25, -0.2) is 9.37 Å². The van der Waals surface area contributed by atoms with Gasteiger partial charge in [0.2, 0.25) is 5.91 Å². The Morgan fingerprint density at radius 3 is 2.80 bits per heavy atom. The zero-order valence-electron chi connectivity index (χ0n) is 14.4. The molecule has 6 nitrogen and oxygen atoms in total. The van der Waals surface area contributed by atoms with Crippen molar-refractivity contribution in [2.75, 3.05) is 32.1 Å². The average molecular weight is 346 g/mol. The number of hydrogen-bond donors (Lipinski definition) is 1. The highest BCUT2D eigenvalue weighted by molar-refractivity contribution is 5.80. The van der Waals surface area contributed by atoms with E-state index in [1.165, 1.54) is 6.20 Å². The van der Waals surface area contributed by atoms with Gasteiger partial charge < -0.3 is 15.0 Å². The van der Waals surface area contributed by atoms with Gasteiger partial charge in [0, 0.05) is 39.0 Å². The molecule has 1 aliphatic heterocycles. The first-order chi connectivity index (χ1) is 12.1. The van der Waals surface area contributed by atoms with Gasteiger partial charge in [-0.2, -0.15) is 5.26 Å². The molecule has 134 valence electrons. The lowest BCUT2D eigenvalue weighted by molar-refractivity contribution is -0.137. The SMILES string of the molecule is CN(C(=O)C(CNc1ncc(C#N)cc1F)C1CCOCC1)C1CC1. The van der Waals surface area contributed by atoms with E-state index in [4.69, 9.17) is 10.00 Å². The molecule has 0 radical (unpaired) electrons. The number of amides is 1. The van der Waals surface area contributed by atoms with E-state index in [1.807, 2.05) is 18.0 Å². The molecule has 1 aromatic rings. The summed E-state index contributed by atoms with van der Waals surface area (Å²) < 4.78 is 19.4. The largest absolute Gasteiger partial charge is 0.381 e. The van der Waals surface area contributed by atoms with Crippen molar-refractivity contribution in [1.29, 1.82) is 5.26 Å². The van der Waals surface area contributed by atoms with Gasteiger partial charge in [-0.3, -0.25) is 4.79 Å². The second-order valence-corrected chi connectivity index (χ2v) is 6.78. The van der Waals surface area contributed by atoms with Gasteiger partial charge in [0.25, 0.3) is 0 Å². The highest BCUT2D eigenvalue weighted by atomic mass is 19.1. The van der Waals surface area contributed by atoms with E-state index in [9.17, 15) is 9.18 Å². The molecule has 25 heavy (non-hydrogen) atoms. The molecule has 7 heteroatoms. The highest BCUT2D eigenvalue weighted by Gasteiger charge is 2.37. The van der Waals surface area contributed by atoms with Gasteiger partial charge in [-0.1, -0.05) is 0 Å². The van der Waals surface area contributed by atoms with Crippen LogP contribution >= 0.6 is 0 Å². The fraction of sp³-hybridized carbons (Fsp3) is 0.611. The number of anilines is 1. The third kappa shape index (κ3) is 4.26. The van der Waals surface area contributed by atoms with E-state index in [2.05, 4.69) is 10.3 Å². The van der Waals surface area contributed by atoms with Crippen molar-refractivity contribution in [3.8, 4) is 6.07 Å². The fourth-order valence-electron chi connectivity index (χ4n) is 3.31. The van der Waals surface area contributed by atoms with Crippen LogP contribution in [0.5, 0.6) is 0 Å². The minimum Gasteiger partial charge on any atom is -0.381 e. The number of nitriles is 1. The molecule has 1 atom stereocenters. The molecule has 0 spiro atoms. The minimum absolute atomic E-state index is 0.0814. The number of halogens is 1. The predicted molar refractivity (Wildman–Crippen MR) is 90.2 cm³/mol. The molecule has 1 aromatic heterocycles. The van der Waals surface area contributed by atoms with E-state index in [0.29, 0.717) is 25.8 Å². The molecule has 1 aliphatic carbocycles. The average Bonchev–Trinajstić information content (AvgIpc) is 3.48. The summed E-state index contributed by atoms with van der Waals surface area (Å²) >= 11 is 0. The highest BCUT2D eigenvalue weighted by Crippen LogP contribution is 2.31. The first-order valence-electron chi connectivity index (χ1n) is 8.74. The van der Waals surface area contributed by atoms with Crippen LogP contribution in [0.1, 0.15) is 31.2 Å². The van der Waals surface area contributed by atoms with Gasteiger partial charge in [-0.05, 0) is 37.7 Å². The minimum atomic E-state index is -0.576. The summed E-state index contributed by atoms with van der Waals surface area (Å²) in [7, 11) is 1.85. The third-order valence-electron chi connectivity index (χ3n) is 5.05. The normalized spacial score (nSPS) is 19.1. The summed E-state index contributed by atoms with van der Waals surface area (Å²) in [5, 5.41) is 11.8. The summed E-state index contributed by atoms with van der Waals surface area (Å²) in [6.07, 6.45) is 5.11. The maximum Gasteiger partial charge on any atom is 0.227 e. The van der Waals surface area contributed by atoms with Gasteiger partial charge in [0.15, 0.2) is 11.6 Å². The molecule has 1 N–H and O–H groups in total. The first-order valence-corrected chi connectivity index (χ1v) is 8.74. The number of nitrogens with one attached hydrogen (secondary N) is 1. The van der Waals surface area contributed by atoms with E-state index in [0.717, 1.165) is 31.7 Å². The van der Waals surface area contributed by atoms with Crippen LogP contribution in [0, 0.1) is 29.0 Å². The van der Waals surface area contributed by atoms with Crippen LogP contribution < -0.4 is 5.32 Å². The Balaban J connectivity index is 1.70. The van der Waals surface area contributed by atoms with Crippen molar-refractivity contribution in [2.24, 2.45) is 11.8 Å². The molecule has 1 unspecified atom stereocenters. The van der Waals surface area contributed by atoms with Crippen LogP contribution in [0.2, 0.25) is 0 Å². The zero-order valence-corrected chi connectivity index (χ0v) is 14.4. The molecule has 1 amide bonds. The van der Waals surface area contributed by atoms with Crippen molar-refractivity contribution in [2.45, 2.75) is 31.7 Å². The molecule has 2 heterocycles. The van der Waals surface area contributed by atoms with Gasteiger partial charge in [0.1, 0.15) is 6.07 Å². The number of aromatic nitrogens is 1. The summed E-state index contributed by atoms with van der Waals surface area (Å²) in [5.74, 6) is -0.399. The van der Waals surface area contributed by atoms with E-state index < -0.39 is 5.82 Å². The number of pyridine rings is 1. The number of ether oxygens (including phenoxy) is 1. The Hall–Kier alpha value is -2.20. The van der Waals surface area contributed by atoms with Crippen molar-refractivity contribution >= 4 is 11.7 Å². The first kappa shape index (κ1) is 17.6. The lowest BCUT2D eigenvalue weighted by atomic mass is 9.84. The topological polar surface area (TPSA) is 78.3 Å².